The van der Waals surface area contributed by atoms with Crippen molar-refractivity contribution in [2.45, 2.75) is 6.18 Å². The van der Waals surface area contributed by atoms with E-state index in [9.17, 15) is 18.0 Å². The minimum Gasteiger partial charge on any atom is -0.482 e. The van der Waals surface area contributed by atoms with E-state index >= 15 is 0 Å². The average Bonchev–Trinajstić information content (AvgIpc) is 2.46. The number of carboxylic acid groups (broad SMARTS) is 1. The Kier molecular flexibility index (Phi) is 4.55. The second kappa shape index (κ2) is 6.38. The fourth-order valence-electron chi connectivity index (χ4n) is 1.60. The van der Waals surface area contributed by atoms with Crippen LogP contribution in [0.4, 0.5) is 13.2 Å². The molecule has 0 bridgehead atoms. The second-order valence-corrected chi connectivity index (χ2v) is 4.28. The summed E-state index contributed by atoms with van der Waals surface area (Å²) in [6, 6.07) is 10.4. The van der Waals surface area contributed by atoms with Crippen LogP contribution in [0, 0.1) is 0 Å². The van der Waals surface area contributed by atoms with Crippen LogP contribution in [0.3, 0.4) is 0 Å². The number of ether oxygens (including phenoxy) is 2. The predicted octanol–water partition coefficient (Wildman–Crippen LogP) is 3.96. The number of hydrogen-bond donors (Lipinski definition) is 1. The largest absolute Gasteiger partial charge is 0.482 e. The fraction of sp³-hybridized carbons (Fsp3) is 0.133. The van der Waals surface area contributed by atoms with Crippen LogP contribution < -0.4 is 9.47 Å². The molecule has 2 aromatic rings. The standard InChI is InChI=1S/C15H11F3O4/c16-15(17,18)10-1-3-12(4-2-10)22-13-7-5-11(6-8-13)21-9-14(19)20/h1-8H,9H2,(H,19,20). The second-order valence-electron chi connectivity index (χ2n) is 4.28. The lowest BCUT2D eigenvalue weighted by Gasteiger charge is -2.09. The molecule has 0 aliphatic heterocycles. The maximum atomic E-state index is 12.4. The lowest BCUT2D eigenvalue weighted by molar-refractivity contribution is -0.139. The zero-order valence-corrected chi connectivity index (χ0v) is 11.1. The van der Waals surface area contributed by atoms with Crippen molar-refractivity contribution in [3.05, 3.63) is 54.1 Å². The summed E-state index contributed by atoms with van der Waals surface area (Å²) in [6.45, 7) is -0.459. The fourth-order valence-corrected chi connectivity index (χ4v) is 1.60. The van der Waals surface area contributed by atoms with Crippen LogP contribution in [-0.2, 0) is 11.0 Å². The molecule has 0 fully saturated rings. The third-order valence-corrected chi connectivity index (χ3v) is 2.60. The van der Waals surface area contributed by atoms with E-state index in [1.807, 2.05) is 0 Å². The molecule has 0 aliphatic carbocycles. The maximum Gasteiger partial charge on any atom is 0.416 e. The minimum atomic E-state index is -4.39. The van der Waals surface area contributed by atoms with Crippen molar-refractivity contribution in [2.24, 2.45) is 0 Å². The van der Waals surface area contributed by atoms with E-state index in [-0.39, 0.29) is 5.75 Å². The average molecular weight is 312 g/mol. The van der Waals surface area contributed by atoms with E-state index in [0.29, 0.717) is 11.5 Å². The summed E-state index contributed by atoms with van der Waals surface area (Å²) < 4.78 is 47.6. The predicted molar refractivity (Wildman–Crippen MR) is 71.1 cm³/mol. The van der Waals surface area contributed by atoms with Gasteiger partial charge in [0.1, 0.15) is 17.2 Å². The van der Waals surface area contributed by atoms with Crippen molar-refractivity contribution in [3.8, 4) is 17.2 Å². The summed E-state index contributed by atoms with van der Waals surface area (Å²) in [4.78, 5) is 10.3. The molecule has 0 amide bonds. The first-order valence-electron chi connectivity index (χ1n) is 6.14. The third-order valence-electron chi connectivity index (χ3n) is 2.60. The van der Waals surface area contributed by atoms with Gasteiger partial charge in [-0.1, -0.05) is 0 Å². The summed E-state index contributed by atoms with van der Waals surface area (Å²) in [6.07, 6.45) is -4.39. The molecule has 0 saturated heterocycles. The highest BCUT2D eigenvalue weighted by Gasteiger charge is 2.30. The van der Waals surface area contributed by atoms with Gasteiger partial charge in [-0.2, -0.15) is 13.2 Å². The van der Waals surface area contributed by atoms with Gasteiger partial charge in [0.2, 0.25) is 0 Å². The molecule has 7 heteroatoms. The molecule has 0 spiro atoms. The van der Waals surface area contributed by atoms with Gasteiger partial charge in [-0.05, 0) is 48.5 Å². The number of halogens is 3. The van der Waals surface area contributed by atoms with Crippen molar-refractivity contribution in [2.75, 3.05) is 6.61 Å². The molecule has 0 aromatic heterocycles. The summed E-state index contributed by atoms with van der Waals surface area (Å²) in [7, 11) is 0. The smallest absolute Gasteiger partial charge is 0.416 e. The SMILES string of the molecule is O=C(O)COc1ccc(Oc2ccc(C(F)(F)F)cc2)cc1. The minimum absolute atomic E-state index is 0.257. The maximum absolute atomic E-state index is 12.4. The van der Waals surface area contributed by atoms with Crippen LogP contribution in [0.25, 0.3) is 0 Å². The Labute approximate surface area is 123 Å². The van der Waals surface area contributed by atoms with E-state index in [1.165, 1.54) is 36.4 Å². The van der Waals surface area contributed by atoms with Crippen molar-refractivity contribution in [3.63, 3.8) is 0 Å². The molecule has 0 atom stereocenters. The van der Waals surface area contributed by atoms with Crippen molar-refractivity contribution < 1.29 is 32.5 Å². The van der Waals surface area contributed by atoms with Crippen LogP contribution in [0.5, 0.6) is 17.2 Å². The molecular weight excluding hydrogens is 301 g/mol. The lowest BCUT2D eigenvalue weighted by Crippen LogP contribution is -2.09. The number of hydrogen-bond acceptors (Lipinski definition) is 3. The monoisotopic (exact) mass is 312 g/mol. The highest BCUT2D eigenvalue weighted by molar-refractivity contribution is 5.68. The molecule has 0 radical (unpaired) electrons. The summed E-state index contributed by atoms with van der Waals surface area (Å²) in [5.74, 6) is -0.0955. The topological polar surface area (TPSA) is 55.8 Å². The Bertz CT molecular complexity index is 633. The Morgan fingerprint density at radius 2 is 1.36 bits per heavy atom. The molecule has 0 aliphatic rings. The Morgan fingerprint density at radius 1 is 0.909 bits per heavy atom. The first-order valence-corrected chi connectivity index (χ1v) is 6.14. The number of alkyl halides is 3. The molecule has 22 heavy (non-hydrogen) atoms. The van der Waals surface area contributed by atoms with E-state index in [1.54, 1.807) is 0 Å². The van der Waals surface area contributed by atoms with Crippen LogP contribution >= 0.6 is 0 Å². The molecule has 1 N–H and O–H groups in total. The van der Waals surface area contributed by atoms with Gasteiger partial charge < -0.3 is 14.6 Å². The molecule has 0 heterocycles. The number of carbonyl (C=O) groups is 1. The van der Waals surface area contributed by atoms with E-state index in [0.717, 1.165) is 12.1 Å². The molecule has 116 valence electrons. The summed E-state index contributed by atoms with van der Waals surface area (Å²) >= 11 is 0. The molecule has 0 saturated carbocycles. The quantitative estimate of drug-likeness (QED) is 0.908. The first kappa shape index (κ1) is 15.7. The van der Waals surface area contributed by atoms with E-state index in [4.69, 9.17) is 14.6 Å². The van der Waals surface area contributed by atoms with Gasteiger partial charge in [-0.3, -0.25) is 0 Å². The van der Waals surface area contributed by atoms with E-state index < -0.39 is 24.3 Å². The Morgan fingerprint density at radius 3 is 1.82 bits per heavy atom. The number of rotatable bonds is 5. The van der Waals surface area contributed by atoms with Gasteiger partial charge in [0, 0.05) is 0 Å². The van der Waals surface area contributed by atoms with Crippen molar-refractivity contribution in [1.82, 2.24) is 0 Å². The van der Waals surface area contributed by atoms with Gasteiger partial charge >= 0.3 is 12.1 Å². The Hall–Kier alpha value is -2.70. The van der Waals surface area contributed by atoms with Crippen LogP contribution in [-0.4, -0.2) is 17.7 Å². The molecular formula is C15H11F3O4. The van der Waals surface area contributed by atoms with Gasteiger partial charge in [0.05, 0.1) is 5.56 Å². The van der Waals surface area contributed by atoms with Gasteiger partial charge in [0.15, 0.2) is 6.61 Å². The summed E-state index contributed by atoms with van der Waals surface area (Å²) in [5, 5.41) is 8.47. The highest BCUT2D eigenvalue weighted by Crippen LogP contribution is 2.31. The number of benzene rings is 2. The van der Waals surface area contributed by atoms with Crippen LogP contribution in [0.2, 0.25) is 0 Å². The highest BCUT2D eigenvalue weighted by atomic mass is 19.4. The molecule has 2 aromatic carbocycles. The first-order chi connectivity index (χ1) is 10.3. The van der Waals surface area contributed by atoms with E-state index in [2.05, 4.69) is 0 Å². The molecule has 2 rings (SSSR count). The normalized spacial score (nSPS) is 11.0. The Balaban J connectivity index is 2.00. The number of carboxylic acids is 1. The molecule has 0 unspecified atom stereocenters. The van der Waals surface area contributed by atoms with Gasteiger partial charge in [0.25, 0.3) is 0 Å². The summed E-state index contributed by atoms with van der Waals surface area (Å²) in [5.41, 5.74) is -0.753. The van der Waals surface area contributed by atoms with Gasteiger partial charge in [-0.25, -0.2) is 4.79 Å². The van der Waals surface area contributed by atoms with Crippen LogP contribution in [0.15, 0.2) is 48.5 Å². The van der Waals surface area contributed by atoms with Crippen molar-refractivity contribution >= 4 is 5.97 Å². The lowest BCUT2D eigenvalue weighted by atomic mass is 10.2. The third kappa shape index (κ3) is 4.41. The van der Waals surface area contributed by atoms with Crippen molar-refractivity contribution in [1.29, 1.82) is 0 Å². The number of aliphatic carboxylic acids is 1. The zero-order valence-electron chi connectivity index (χ0n) is 11.1. The van der Waals surface area contributed by atoms with Gasteiger partial charge in [-0.15, -0.1) is 0 Å². The zero-order chi connectivity index (χ0) is 16.2. The molecule has 4 nitrogen and oxygen atoms in total. The van der Waals surface area contributed by atoms with Crippen LogP contribution in [0.1, 0.15) is 5.56 Å².